The standard InChI is InChI=1S/C10H16O2/c1-7(2)9-4-3-8(6-11)5-10(9)12/h8,11H,3-6H2,1-2H3. The number of aliphatic hydroxyl groups excluding tert-OH is 1. The van der Waals surface area contributed by atoms with Crippen LogP contribution in [-0.2, 0) is 4.79 Å². The summed E-state index contributed by atoms with van der Waals surface area (Å²) in [4.78, 5) is 11.4. The highest BCUT2D eigenvalue weighted by atomic mass is 16.3. The normalized spacial score (nSPS) is 24.4. The summed E-state index contributed by atoms with van der Waals surface area (Å²) in [6.45, 7) is 4.11. The van der Waals surface area contributed by atoms with Crippen molar-refractivity contribution in [1.29, 1.82) is 0 Å². The molecule has 1 fully saturated rings. The van der Waals surface area contributed by atoms with E-state index in [-0.39, 0.29) is 18.3 Å². The molecule has 1 rings (SSSR count). The lowest BCUT2D eigenvalue weighted by atomic mass is 9.83. The summed E-state index contributed by atoms with van der Waals surface area (Å²) < 4.78 is 0. The molecule has 1 aliphatic rings. The Hall–Kier alpha value is -0.630. The number of carbonyl (C=O) groups is 1. The Kier molecular flexibility index (Phi) is 3.04. The van der Waals surface area contributed by atoms with Gasteiger partial charge < -0.3 is 5.11 Å². The Morgan fingerprint density at radius 3 is 2.67 bits per heavy atom. The molecule has 0 aromatic carbocycles. The van der Waals surface area contributed by atoms with E-state index in [2.05, 4.69) is 0 Å². The van der Waals surface area contributed by atoms with E-state index in [9.17, 15) is 4.79 Å². The maximum absolute atomic E-state index is 11.4. The van der Waals surface area contributed by atoms with Crippen molar-refractivity contribution < 1.29 is 9.90 Å². The van der Waals surface area contributed by atoms with Crippen molar-refractivity contribution in [2.45, 2.75) is 33.1 Å². The molecule has 68 valence electrons. The van der Waals surface area contributed by atoms with Gasteiger partial charge in [-0.1, -0.05) is 5.57 Å². The number of Topliss-reactive ketones (excluding diaryl/α,β-unsaturated/α-hetero) is 1. The van der Waals surface area contributed by atoms with E-state index in [1.165, 1.54) is 0 Å². The maximum Gasteiger partial charge on any atom is 0.159 e. The van der Waals surface area contributed by atoms with Crippen molar-refractivity contribution in [3.05, 3.63) is 11.1 Å². The van der Waals surface area contributed by atoms with Gasteiger partial charge in [-0.3, -0.25) is 4.79 Å². The van der Waals surface area contributed by atoms with Gasteiger partial charge in [-0.25, -0.2) is 0 Å². The molecule has 1 unspecified atom stereocenters. The molecule has 0 bridgehead atoms. The van der Waals surface area contributed by atoms with Crippen molar-refractivity contribution in [2.75, 3.05) is 6.61 Å². The van der Waals surface area contributed by atoms with Gasteiger partial charge in [0, 0.05) is 13.0 Å². The van der Waals surface area contributed by atoms with Crippen molar-refractivity contribution in [2.24, 2.45) is 5.92 Å². The minimum atomic E-state index is 0.155. The highest BCUT2D eigenvalue weighted by molar-refractivity contribution is 5.96. The third-order valence-corrected chi connectivity index (χ3v) is 2.47. The third-order valence-electron chi connectivity index (χ3n) is 2.47. The van der Waals surface area contributed by atoms with E-state index in [0.29, 0.717) is 6.42 Å². The van der Waals surface area contributed by atoms with Crippen LogP contribution in [0.15, 0.2) is 11.1 Å². The predicted octanol–water partition coefficient (Wildman–Crippen LogP) is 1.68. The van der Waals surface area contributed by atoms with Gasteiger partial charge in [-0.05, 0) is 38.2 Å². The van der Waals surface area contributed by atoms with Gasteiger partial charge in [-0.2, -0.15) is 0 Å². The van der Waals surface area contributed by atoms with Crippen LogP contribution in [0, 0.1) is 5.92 Å². The summed E-state index contributed by atoms with van der Waals surface area (Å²) in [7, 11) is 0. The van der Waals surface area contributed by atoms with Crippen LogP contribution in [-0.4, -0.2) is 17.5 Å². The fraction of sp³-hybridized carbons (Fsp3) is 0.700. The quantitative estimate of drug-likeness (QED) is 0.605. The van der Waals surface area contributed by atoms with Crippen molar-refractivity contribution >= 4 is 5.78 Å². The monoisotopic (exact) mass is 168 g/mol. The Morgan fingerprint density at radius 1 is 1.58 bits per heavy atom. The molecule has 0 amide bonds. The van der Waals surface area contributed by atoms with Gasteiger partial charge in [0.1, 0.15) is 0 Å². The minimum absolute atomic E-state index is 0.155. The SMILES string of the molecule is CC(C)=C1CCC(CO)CC1=O. The number of hydrogen-bond donors (Lipinski definition) is 1. The van der Waals surface area contributed by atoms with Gasteiger partial charge in [0.2, 0.25) is 0 Å². The number of carbonyl (C=O) groups excluding carboxylic acids is 1. The molecule has 0 heterocycles. The number of aliphatic hydroxyl groups is 1. The van der Waals surface area contributed by atoms with Gasteiger partial charge >= 0.3 is 0 Å². The first kappa shape index (κ1) is 9.46. The summed E-state index contributed by atoms with van der Waals surface area (Å²) in [5, 5.41) is 8.87. The smallest absolute Gasteiger partial charge is 0.159 e. The van der Waals surface area contributed by atoms with E-state index in [1.807, 2.05) is 13.8 Å². The Balaban J connectivity index is 2.67. The van der Waals surface area contributed by atoms with Gasteiger partial charge in [0.15, 0.2) is 5.78 Å². The van der Waals surface area contributed by atoms with E-state index < -0.39 is 0 Å². The van der Waals surface area contributed by atoms with Crippen LogP contribution in [0.3, 0.4) is 0 Å². The second-order valence-electron chi connectivity index (χ2n) is 3.69. The second kappa shape index (κ2) is 3.85. The van der Waals surface area contributed by atoms with Crippen LogP contribution >= 0.6 is 0 Å². The van der Waals surface area contributed by atoms with Crippen LogP contribution < -0.4 is 0 Å². The number of allylic oxidation sites excluding steroid dienone is 2. The molecule has 0 aliphatic heterocycles. The zero-order valence-electron chi connectivity index (χ0n) is 7.76. The first-order valence-corrected chi connectivity index (χ1v) is 4.45. The molecule has 0 aromatic heterocycles. The number of hydrogen-bond acceptors (Lipinski definition) is 2. The minimum Gasteiger partial charge on any atom is -0.396 e. The summed E-state index contributed by atoms with van der Waals surface area (Å²) in [5.74, 6) is 0.445. The molecule has 0 radical (unpaired) electrons. The summed E-state index contributed by atoms with van der Waals surface area (Å²) in [6, 6.07) is 0. The number of rotatable bonds is 1. The van der Waals surface area contributed by atoms with Crippen molar-refractivity contribution in [1.82, 2.24) is 0 Å². The molecule has 12 heavy (non-hydrogen) atoms. The fourth-order valence-corrected chi connectivity index (χ4v) is 1.66. The first-order chi connectivity index (χ1) is 5.65. The van der Waals surface area contributed by atoms with Crippen LogP contribution in [0.1, 0.15) is 33.1 Å². The second-order valence-corrected chi connectivity index (χ2v) is 3.69. The van der Waals surface area contributed by atoms with Gasteiger partial charge in [-0.15, -0.1) is 0 Å². The predicted molar refractivity (Wildman–Crippen MR) is 47.8 cm³/mol. The molecule has 1 N–H and O–H groups in total. The van der Waals surface area contributed by atoms with Crippen molar-refractivity contribution in [3.63, 3.8) is 0 Å². The molecule has 0 aromatic rings. The van der Waals surface area contributed by atoms with Crippen LogP contribution in [0.25, 0.3) is 0 Å². The first-order valence-electron chi connectivity index (χ1n) is 4.45. The lowest BCUT2D eigenvalue weighted by Crippen LogP contribution is -2.20. The molecular weight excluding hydrogens is 152 g/mol. The fourth-order valence-electron chi connectivity index (χ4n) is 1.66. The van der Waals surface area contributed by atoms with Gasteiger partial charge in [0.25, 0.3) is 0 Å². The van der Waals surface area contributed by atoms with E-state index in [1.54, 1.807) is 0 Å². The van der Waals surface area contributed by atoms with Gasteiger partial charge in [0.05, 0.1) is 0 Å². The molecule has 1 atom stereocenters. The zero-order chi connectivity index (χ0) is 9.14. The molecule has 0 spiro atoms. The van der Waals surface area contributed by atoms with E-state index >= 15 is 0 Å². The topological polar surface area (TPSA) is 37.3 Å². The zero-order valence-corrected chi connectivity index (χ0v) is 7.76. The summed E-state index contributed by atoms with van der Waals surface area (Å²) >= 11 is 0. The average Bonchev–Trinajstić information content (AvgIpc) is 2.03. The number of ketones is 1. The average molecular weight is 168 g/mol. The van der Waals surface area contributed by atoms with Crippen LogP contribution in [0.5, 0.6) is 0 Å². The lowest BCUT2D eigenvalue weighted by Gasteiger charge is -2.21. The Morgan fingerprint density at radius 2 is 2.25 bits per heavy atom. The van der Waals surface area contributed by atoms with E-state index in [0.717, 1.165) is 24.0 Å². The molecule has 2 heteroatoms. The largest absolute Gasteiger partial charge is 0.396 e. The third kappa shape index (κ3) is 1.95. The van der Waals surface area contributed by atoms with Crippen LogP contribution in [0.2, 0.25) is 0 Å². The molecule has 0 saturated heterocycles. The summed E-state index contributed by atoms with van der Waals surface area (Å²) in [5.41, 5.74) is 2.12. The van der Waals surface area contributed by atoms with Crippen molar-refractivity contribution in [3.8, 4) is 0 Å². The highest BCUT2D eigenvalue weighted by Crippen LogP contribution is 2.26. The van der Waals surface area contributed by atoms with E-state index in [4.69, 9.17) is 5.11 Å². The van der Waals surface area contributed by atoms with Crippen LogP contribution in [0.4, 0.5) is 0 Å². The molecule has 2 nitrogen and oxygen atoms in total. The Bertz CT molecular complexity index is 212. The molecular formula is C10H16O2. The summed E-state index contributed by atoms with van der Waals surface area (Å²) in [6.07, 6.45) is 2.35. The molecule has 1 saturated carbocycles. The lowest BCUT2D eigenvalue weighted by molar-refractivity contribution is -0.118. The maximum atomic E-state index is 11.4. The molecule has 1 aliphatic carbocycles. The highest BCUT2D eigenvalue weighted by Gasteiger charge is 2.23. The Labute approximate surface area is 73.3 Å².